The van der Waals surface area contributed by atoms with Crippen LogP contribution in [-0.2, 0) is 16.1 Å². The third-order valence-corrected chi connectivity index (χ3v) is 2.78. The van der Waals surface area contributed by atoms with Crippen molar-refractivity contribution in [2.24, 2.45) is 0 Å². The van der Waals surface area contributed by atoms with Gasteiger partial charge < -0.3 is 14.6 Å². The fraction of sp³-hybridized carbons (Fsp3) is 0.125. The Bertz CT molecular complexity index is 604. The van der Waals surface area contributed by atoms with Crippen molar-refractivity contribution in [3.63, 3.8) is 0 Å². The zero-order valence-corrected chi connectivity index (χ0v) is 15.4. The zero-order chi connectivity index (χ0) is 15.1. The molecule has 108 valence electrons. The number of carboxylic acid groups (broad SMARTS) is 1. The summed E-state index contributed by atoms with van der Waals surface area (Å²) >= 11 is 0. The fourth-order valence-electron chi connectivity index (χ4n) is 1.80. The van der Waals surface area contributed by atoms with E-state index in [9.17, 15) is 14.7 Å². The second-order valence-corrected chi connectivity index (χ2v) is 4.33. The van der Waals surface area contributed by atoms with Gasteiger partial charge in [0.1, 0.15) is 6.61 Å². The molecule has 2 aromatic carbocycles. The van der Waals surface area contributed by atoms with Crippen LogP contribution in [0.15, 0.2) is 60.7 Å². The van der Waals surface area contributed by atoms with E-state index in [0.717, 1.165) is 10.5 Å². The summed E-state index contributed by atoms with van der Waals surface area (Å²) < 4.78 is 5.14. The molecule has 0 saturated carbocycles. The topological polar surface area (TPSA) is 69.7 Å². The molecule has 0 spiro atoms. The molecule has 2 aromatic rings. The van der Waals surface area contributed by atoms with E-state index >= 15 is 0 Å². The summed E-state index contributed by atoms with van der Waals surface area (Å²) in [6.07, 6.45) is -0.728. The minimum Gasteiger partial charge on any atom is -0.548 e. The number of ether oxygens (including phenoxy) is 1. The van der Waals surface area contributed by atoms with Gasteiger partial charge in [-0.2, -0.15) is 0 Å². The second-order valence-electron chi connectivity index (χ2n) is 4.33. The molecule has 5 nitrogen and oxygen atoms in total. The number of amides is 1. The minimum absolute atomic E-state index is 0. The maximum atomic E-state index is 12.1. The zero-order valence-electron chi connectivity index (χ0n) is 12.3. The van der Waals surface area contributed by atoms with Crippen molar-refractivity contribution in [2.45, 2.75) is 6.61 Å². The van der Waals surface area contributed by atoms with Crippen LogP contribution in [0.25, 0.3) is 0 Å². The van der Waals surface area contributed by atoms with Crippen LogP contribution in [0.2, 0.25) is 0 Å². The van der Waals surface area contributed by atoms with E-state index in [2.05, 4.69) is 0 Å². The number of hydrogen-bond acceptors (Lipinski definition) is 4. The number of hydrogen-bond donors (Lipinski definition) is 0. The molecule has 2 rings (SSSR count). The molecule has 0 fully saturated rings. The minimum atomic E-state index is -1.35. The first kappa shape index (κ1) is 18.9. The van der Waals surface area contributed by atoms with E-state index < -0.39 is 18.6 Å². The Morgan fingerprint density at radius 2 is 1.50 bits per heavy atom. The third-order valence-electron chi connectivity index (χ3n) is 2.78. The Kier molecular flexibility index (Phi) is 8.37. The number of nitrogens with zero attached hydrogens (tertiary/aromatic N) is 1. The van der Waals surface area contributed by atoms with Gasteiger partial charge in [-0.25, -0.2) is 4.79 Å². The largest absolute Gasteiger partial charge is 1.00 e. The van der Waals surface area contributed by atoms with E-state index in [1.165, 1.54) is 0 Å². The molecule has 22 heavy (non-hydrogen) atoms. The summed E-state index contributed by atoms with van der Waals surface area (Å²) in [4.78, 5) is 23.9. The van der Waals surface area contributed by atoms with Crippen LogP contribution in [0, 0.1) is 0 Å². The van der Waals surface area contributed by atoms with E-state index in [1.807, 2.05) is 30.3 Å². The van der Waals surface area contributed by atoms with Crippen molar-refractivity contribution in [1.29, 1.82) is 0 Å². The average Bonchev–Trinajstić information content (AvgIpc) is 2.52. The first-order valence-electron chi connectivity index (χ1n) is 6.40. The van der Waals surface area contributed by atoms with E-state index in [0.29, 0.717) is 5.69 Å². The van der Waals surface area contributed by atoms with Crippen LogP contribution >= 0.6 is 0 Å². The summed E-state index contributed by atoms with van der Waals surface area (Å²) in [5.74, 6) is -1.35. The molecule has 6 heteroatoms. The molecule has 0 aliphatic heterocycles. The number of benzene rings is 2. The molecule has 0 bridgehead atoms. The molecular weight excluding hydrogens is 309 g/mol. The van der Waals surface area contributed by atoms with Crippen molar-refractivity contribution < 1.29 is 70.8 Å². The number of rotatable bonds is 5. The number of carbonyl (C=O) groups excluding carboxylic acids is 2. The smallest absolute Gasteiger partial charge is 0.548 e. The van der Waals surface area contributed by atoms with E-state index in [4.69, 9.17) is 4.74 Å². The van der Waals surface area contributed by atoms with Gasteiger partial charge in [-0.05, 0) is 17.7 Å². The molecule has 0 aliphatic rings. The Morgan fingerprint density at radius 3 is 2.05 bits per heavy atom. The molecule has 0 heterocycles. The number of carboxylic acids is 1. The molecule has 0 aliphatic carbocycles. The predicted octanol–water partition coefficient (Wildman–Crippen LogP) is -1.42. The van der Waals surface area contributed by atoms with E-state index in [1.54, 1.807) is 30.3 Å². The summed E-state index contributed by atoms with van der Waals surface area (Å²) in [6.45, 7) is -0.478. The van der Waals surface area contributed by atoms with Gasteiger partial charge in [0.25, 0.3) is 0 Å². The number of para-hydroxylation sites is 1. The van der Waals surface area contributed by atoms with Crippen LogP contribution < -0.4 is 61.4 Å². The van der Waals surface area contributed by atoms with Gasteiger partial charge in [-0.15, -0.1) is 0 Å². The van der Waals surface area contributed by atoms with Crippen LogP contribution in [0.4, 0.5) is 10.5 Å². The molecule has 0 aromatic heterocycles. The normalized spacial score (nSPS) is 9.45. The Hall–Kier alpha value is -1.18. The predicted molar refractivity (Wildman–Crippen MR) is 75.4 cm³/mol. The molecule has 0 N–H and O–H groups in total. The van der Waals surface area contributed by atoms with Gasteiger partial charge in [0, 0.05) is 5.69 Å². The van der Waals surface area contributed by atoms with Gasteiger partial charge in [0.2, 0.25) is 0 Å². The monoisotopic (exact) mass is 323 g/mol. The summed E-state index contributed by atoms with van der Waals surface area (Å²) in [5, 5.41) is 10.8. The van der Waals surface area contributed by atoms with Crippen molar-refractivity contribution in [3.05, 3.63) is 66.2 Å². The quantitative estimate of drug-likeness (QED) is 0.634. The van der Waals surface area contributed by atoms with Gasteiger partial charge in [-0.3, -0.25) is 4.90 Å². The van der Waals surface area contributed by atoms with Gasteiger partial charge in [0.05, 0.1) is 12.5 Å². The molecule has 0 unspecified atom stereocenters. The molecule has 0 atom stereocenters. The number of aliphatic carboxylic acids is 1. The van der Waals surface area contributed by atoms with Crippen molar-refractivity contribution in [3.8, 4) is 0 Å². The van der Waals surface area contributed by atoms with E-state index in [-0.39, 0.29) is 58.0 Å². The van der Waals surface area contributed by atoms with Crippen LogP contribution in [0.1, 0.15) is 5.56 Å². The van der Waals surface area contributed by atoms with Crippen molar-refractivity contribution in [2.75, 3.05) is 11.4 Å². The number of carbonyl (C=O) groups is 2. The van der Waals surface area contributed by atoms with Gasteiger partial charge in [-0.1, -0.05) is 48.5 Å². The van der Waals surface area contributed by atoms with Crippen molar-refractivity contribution >= 4 is 17.7 Å². The second kappa shape index (κ2) is 9.76. The molecule has 0 radical (unpaired) electrons. The molecular formula is C16H14KNO4. The standard InChI is InChI=1S/C16H15NO4.K/c18-15(19)11-17(14-9-5-2-6-10-14)16(20)21-12-13-7-3-1-4-8-13;/h1-10H,11-12H2,(H,18,19);/q;+1/p-1. The SMILES string of the molecule is O=C([O-])CN(C(=O)OCc1ccccc1)c1ccccc1.[K+]. The van der Waals surface area contributed by atoms with Gasteiger partial charge in [0.15, 0.2) is 0 Å². The summed E-state index contributed by atoms with van der Waals surface area (Å²) in [6, 6.07) is 17.6. The first-order chi connectivity index (χ1) is 10.2. The molecule has 1 amide bonds. The summed E-state index contributed by atoms with van der Waals surface area (Å²) in [7, 11) is 0. The maximum absolute atomic E-state index is 12.1. The fourth-order valence-corrected chi connectivity index (χ4v) is 1.80. The van der Waals surface area contributed by atoms with Crippen LogP contribution in [0.5, 0.6) is 0 Å². The van der Waals surface area contributed by atoms with Gasteiger partial charge >= 0.3 is 57.5 Å². The summed E-state index contributed by atoms with van der Waals surface area (Å²) in [5.41, 5.74) is 1.27. The Labute approximate surface area is 171 Å². The molecule has 0 saturated heterocycles. The number of anilines is 1. The third kappa shape index (κ3) is 5.90. The average molecular weight is 323 g/mol. The van der Waals surface area contributed by atoms with Crippen molar-refractivity contribution in [1.82, 2.24) is 0 Å². The maximum Gasteiger partial charge on any atom is 1.00 e. The Morgan fingerprint density at radius 1 is 0.955 bits per heavy atom. The Balaban J connectivity index is 0.00000242. The first-order valence-corrected chi connectivity index (χ1v) is 6.40. The van der Waals surface area contributed by atoms with Crippen LogP contribution in [-0.4, -0.2) is 18.6 Å². The van der Waals surface area contributed by atoms with Crippen LogP contribution in [0.3, 0.4) is 0 Å².